The summed E-state index contributed by atoms with van der Waals surface area (Å²) in [6, 6.07) is 0. The molecule has 1 N–H and O–H groups in total. The zero-order valence-electron chi connectivity index (χ0n) is 10.4. The van der Waals surface area contributed by atoms with Gasteiger partial charge < -0.3 is 10.0 Å². The van der Waals surface area contributed by atoms with Crippen LogP contribution < -0.4 is 0 Å². The van der Waals surface area contributed by atoms with Crippen molar-refractivity contribution in [3.05, 3.63) is 0 Å². The smallest absolute Gasteiger partial charge is 0.323 e. The molecule has 0 radical (unpaired) electrons. The monoisotopic (exact) mass is 239 g/mol. The fraction of sp³-hybridized carbons (Fsp3) is 0.846. The summed E-state index contributed by atoms with van der Waals surface area (Å²) in [7, 11) is 0. The van der Waals surface area contributed by atoms with Gasteiger partial charge in [0.1, 0.15) is 6.54 Å². The van der Waals surface area contributed by atoms with Crippen molar-refractivity contribution in [3.8, 4) is 0 Å². The van der Waals surface area contributed by atoms with Crippen molar-refractivity contribution in [3.63, 3.8) is 0 Å². The molecule has 2 aliphatic carbocycles. The van der Waals surface area contributed by atoms with Crippen molar-refractivity contribution in [1.29, 1.82) is 0 Å². The van der Waals surface area contributed by atoms with Gasteiger partial charge in [-0.15, -0.1) is 0 Å². The molecule has 0 aromatic rings. The van der Waals surface area contributed by atoms with E-state index < -0.39 is 5.97 Å². The number of hydrogen-bond donors (Lipinski definition) is 1. The average molecular weight is 239 g/mol. The molecule has 2 saturated carbocycles. The third kappa shape index (κ3) is 2.61. The second kappa shape index (κ2) is 5.07. The van der Waals surface area contributed by atoms with Gasteiger partial charge in [-0.25, -0.2) is 0 Å². The molecular formula is C13H21NO3. The Bertz CT molecular complexity index is 316. The molecule has 0 aromatic heterocycles. The molecule has 2 rings (SSSR count). The molecule has 0 heterocycles. The van der Waals surface area contributed by atoms with Crippen LogP contribution in [0.2, 0.25) is 0 Å². The highest BCUT2D eigenvalue weighted by atomic mass is 16.4. The van der Waals surface area contributed by atoms with Crippen LogP contribution >= 0.6 is 0 Å². The fourth-order valence-corrected chi connectivity index (χ4v) is 3.48. The van der Waals surface area contributed by atoms with Gasteiger partial charge in [0.05, 0.1) is 0 Å². The molecule has 17 heavy (non-hydrogen) atoms. The first-order valence-corrected chi connectivity index (χ1v) is 6.62. The van der Waals surface area contributed by atoms with Gasteiger partial charge in [-0.1, -0.05) is 13.3 Å². The molecule has 0 saturated heterocycles. The van der Waals surface area contributed by atoms with Gasteiger partial charge in [-0.3, -0.25) is 9.59 Å². The van der Waals surface area contributed by atoms with Crippen LogP contribution in [-0.2, 0) is 9.59 Å². The van der Waals surface area contributed by atoms with E-state index in [0.717, 1.165) is 25.2 Å². The summed E-state index contributed by atoms with van der Waals surface area (Å²) in [6.07, 6.45) is 5.42. The first-order chi connectivity index (χ1) is 8.11. The molecule has 0 aliphatic heterocycles. The van der Waals surface area contributed by atoms with Gasteiger partial charge in [-0.2, -0.15) is 0 Å². The Morgan fingerprint density at radius 1 is 1.29 bits per heavy atom. The standard InChI is InChI=1S/C13H21NO3/c1-2-5-14(8-12(15)16)13(17)11-7-9-3-4-10(11)6-9/h9-11H,2-8H2,1H3,(H,15,16). The fourth-order valence-electron chi connectivity index (χ4n) is 3.48. The van der Waals surface area contributed by atoms with Gasteiger partial charge >= 0.3 is 5.97 Å². The molecule has 2 fully saturated rings. The average Bonchev–Trinajstić information content (AvgIpc) is 2.88. The summed E-state index contributed by atoms with van der Waals surface area (Å²) in [5.41, 5.74) is 0. The first-order valence-electron chi connectivity index (χ1n) is 6.62. The van der Waals surface area contributed by atoms with E-state index in [2.05, 4.69) is 0 Å². The van der Waals surface area contributed by atoms with E-state index >= 15 is 0 Å². The minimum absolute atomic E-state index is 0.0847. The van der Waals surface area contributed by atoms with Gasteiger partial charge in [-0.05, 0) is 37.5 Å². The van der Waals surface area contributed by atoms with E-state index in [9.17, 15) is 9.59 Å². The zero-order chi connectivity index (χ0) is 12.4. The van der Waals surface area contributed by atoms with Gasteiger partial charge in [0.25, 0.3) is 0 Å². The zero-order valence-corrected chi connectivity index (χ0v) is 10.4. The lowest BCUT2D eigenvalue weighted by Crippen LogP contribution is -2.41. The number of carboxylic acids is 1. The van der Waals surface area contributed by atoms with Crippen molar-refractivity contribution in [2.75, 3.05) is 13.1 Å². The van der Waals surface area contributed by atoms with Gasteiger partial charge in [0.15, 0.2) is 0 Å². The van der Waals surface area contributed by atoms with Crippen LogP contribution in [0.25, 0.3) is 0 Å². The number of amides is 1. The van der Waals surface area contributed by atoms with E-state index in [4.69, 9.17) is 5.11 Å². The topological polar surface area (TPSA) is 57.6 Å². The van der Waals surface area contributed by atoms with Gasteiger partial charge in [0, 0.05) is 12.5 Å². The molecule has 3 atom stereocenters. The second-order valence-corrected chi connectivity index (χ2v) is 5.43. The maximum Gasteiger partial charge on any atom is 0.323 e. The maximum absolute atomic E-state index is 12.3. The molecule has 1 amide bonds. The molecule has 2 bridgehead atoms. The normalized spacial score (nSPS) is 30.5. The Morgan fingerprint density at radius 2 is 2.06 bits per heavy atom. The van der Waals surface area contributed by atoms with Crippen molar-refractivity contribution >= 4 is 11.9 Å². The summed E-state index contributed by atoms with van der Waals surface area (Å²) in [4.78, 5) is 24.6. The molecule has 3 unspecified atom stereocenters. The minimum atomic E-state index is -0.907. The number of carbonyl (C=O) groups excluding carboxylic acids is 1. The predicted octanol–water partition coefficient (Wildman–Crippen LogP) is 1.75. The SMILES string of the molecule is CCCN(CC(=O)O)C(=O)C1CC2CCC1C2. The highest BCUT2D eigenvalue weighted by molar-refractivity contribution is 5.83. The van der Waals surface area contributed by atoms with Gasteiger partial charge in [0.2, 0.25) is 5.91 Å². The lowest BCUT2D eigenvalue weighted by Gasteiger charge is -2.28. The lowest BCUT2D eigenvalue weighted by atomic mass is 9.87. The maximum atomic E-state index is 12.3. The molecule has 4 heteroatoms. The highest BCUT2D eigenvalue weighted by Crippen LogP contribution is 2.48. The summed E-state index contributed by atoms with van der Waals surface area (Å²) in [5.74, 6) is 0.541. The molecule has 2 aliphatic rings. The molecule has 0 aromatic carbocycles. The summed E-state index contributed by atoms with van der Waals surface area (Å²) >= 11 is 0. The number of nitrogens with zero attached hydrogens (tertiary/aromatic N) is 1. The first kappa shape index (κ1) is 12.4. The summed E-state index contributed by atoms with van der Waals surface area (Å²) in [6.45, 7) is 2.41. The van der Waals surface area contributed by atoms with E-state index in [1.807, 2.05) is 6.92 Å². The van der Waals surface area contributed by atoms with E-state index in [-0.39, 0.29) is 18.4 Å². The van der Waals surface area contributed by atoms with Crippen LogP contribution in [0.4, 0.5) is 0 Å². The lowest BCUT2D eigenvalue weighted by molar-refractivity contribution is -0.147. The molecule has 4 nitrogen and oxygen atoms in total. The Labute approximate surface area is 102 Å². The van der Waals surface area contributed by atoms with Crippen LogP contribution in [0.1, 0.15) is 39.0 Å². The molecule has 0 spiro atoms. The number of carbonyl (C=O) groups is 2. The number of fused-ring (bicyclic) bond motifs is 2. The minimum Gasteiger partial charge on any atom is -0.480 e. The molecule has 96 valence electrons. The van der Waals surface area contributed by atoms with Crippen molar-refractivity contribution in [1.82, 2.24) is 4.90 Å². The Kier molecular flexibility index (Phi) is 3.69. The quantitative estimate of drug-likeness (QED) is 0.795. The van der Waals surface area contributed by atoms with Crippen LogP contribution in [0.3, 0.4) is 0 Å². The number of aliphatic carboxylic acids is 1. The summed E-state index contributed by atoms with van der Waals surface area (Å²) in [5, 5.41) is 8.84. The van der Waals surface area contributed by atoms with E-state index in [0.29, 0.717) is 12.5 Å². The highest BCUT2D eigenvalue weighted by Gasteiger charge is 2.44. The second-order valence-electron chi connectivity index (χ2n) is 5.43. The predicted molar refractivity (Wildman–Crippen MR) is 63.4 cm³/mol. The van der Waals surface area contributed by atoms with Crippen LogP contribution in [0.15, 0.2) is 0 Å². The van der Waals surface area contributed by atoms with Crippen LogP contribution in [0.5, 0.6) is 0 Å². The van der Waals surface area contributed by atoms with Crippen LogP contribution in [-0.4, -0.2) is 35.0 Å². The van der Waals surface area contributed by atoms with E-state index in [1.54, 1.807) is 0 Å². The van der Waals surface area contributed by atoms with Crippen LogP contribution in [0, 0.1) is 17.8 Å². The third-order valence-electron chi connectivity index (χ3n) is 4.19. The number of carboxylic acid groups (broad SMARTS) is 1. The number of hydrogen-bond acceptors (Lipinski definition) is 2. The van der Waals surface area contributed by atoms with Crippen molar-refractivity contribution in [2.45, 2.75) is 39.0 Å². The van der Waals surface area contributed by atoms with Crippen molar-refractivity contribution in [2.24, 2.45) is 17.8 Å². The summed E-state index contributed by atoms with van der Waals surface area (Å²) < 4.78 is 0. The Hall–Kier alpha value is -1.06. The largest absolute Gasteiger partial charge is 0.480 e. The number of rotatable bonds is 5. The Morgan fingerprint density at radius 3 is 2.53 bits per heavy atom. The van der Waals surface area contributed by atoms with Crippen molar-refractivity contribution < 1.29 is 14.7 Å². The third-order valence-corrected chi connectivity index (χ3v) is 4.19. The molecular weight excluding hydrogens is 218 g/mol. The van der Waals surface area contributed by atoms with E-state index in [1.165, 1.54) is 17.7 Å². The Balaban J connectivity index is 1.98.